The van der Waals surface area contributed by atoms with Crippen LogP contribution in [0.15, 0.2) is 48.5 Å². The van der Waals surface area contributed by atoms with Crippen LogP contribution in [0, 0.1) is 11.7 Å². The first-order chi connectivity index (χ1) is 14.7. The van der Waals surface area contributed by atoms with E-state index in [0.29, 0.717) is 29.3 Å². The Morgan fingerprint density at radius 3 is 2.45 bits per heavy atom. The lowest BCUT2D eigenvalue weighted by atomic mass is 9.70. The fourth-order valence-corrected chi connectivity index (χ4v) is 4.92. The average Bonchev–Trinajstić information content (AvgIpc) is 2.74. The van der Waals surface area contributed by atoms with Crippen molar-refractivity contribution in [3.05, 3.63) is 59.9 Å². The third kappa shape index (κ3) is 5.85. The van der Waals surface area contributed by atoms with E-state index < -0.39 is 16.9 Å². The number of benzene rings is 2. The van der Waals surface area contributed by atoms with Crippen molar-refractivity contribution in [3.8, 4) is 5.75 Å². The molecule has 0 aromatic heterocycles. The molecule has 3 rings (SSSR count). The minimum atomic E-state index is -1.58. The Morgan fingerprint density at radius 1 is 1.13 bits per heavy atom. The number of ether oxygens (including phenoxy) is 1. The predicted molar refractivity (Wildman–Crippen MR) is 122 cm³/mol. The summed E-state index contributed by atoms with van der Waals surface area (Å²) in [5.41, 5.74) is -0.982. The van der Waals surface area contributed by atoms with Gasteiger partial charge in [0, 0.05) is 11.3 Å². The molecule has 1 aliphatic carbocycles. The standard InChI is InChI=1S/C26H34FNO3/c1-25(2,22-16-20(27)14-15-23(22)31-3)18-26(30,17-19-10-6-4-7-11-19)24(29)28-21-12-8-5-9-13-21/h5,8-9,12-16,19,30H,4,6-7,10-11,17-18H2,1-3H3,(H,28,29). The summed E-state index contributed by atoms with van der Waals surface area (Å²) >= 11 is 0. The first-order valence-corrected chi connectivity index (χ1v) is 11.2. The summed E-state index contributed by atoms with van der Waals surface area (Å²) in [6.45, 7) is 3.85. The molecule has 5 heteroatoms. The molecule has 0 heterocycles. The van der Waals surface area contributed by atoms with Crippen LogP contribution in [0.2, 0.25) is 0 Å². The van der Waals surface area contributed by atoms with Crippen molar-refractivity contribution in [2.45, 2.75) is 69.8 Å². The molecule has 2 aromatic rings. The van der Waals surface area contributed by atoms with Gasteiger partial charge in [0.05, 0.1) is 7.11 Å². The number of halogens is 1. The van der Waals surface area contributed by atoms with Crippen molar-refractivity contribution >= 4 is 11.6 Å². The zero-order chi connectivity index (χ0) is 22.5. The molecule has 168 valence electrons. The van der Waals surface area contributed by atoms with Crippen LogP contribution in [-0.4, -0.2) is 23.7 Å². The van der Waals surface area contributed by atoms with E-state index in [4.69, 9.17) is 4.74 Å². The first-order valence-electron chi connectivity index (χ1n) is 11.2. The number of methoxy groups -OCH3 is 1. The quantitative estimate of drug-likeness (QED) is 0.556. The van der Waals surface area contributed by atoms with Crippen LogP contribution in [0.4, 0.5) is 10.1 Å². The lowest BCUT2D eigenvalue weighted by Crippen LogP contribution is -2.48. The maximum atomic E-state index is 14.1. The van der Waals surface area contributed by atoms with E-state index in [1.165, 1.54) is 18.6 Å². The Labute approximate surface area is 184 Å². The second-order valence-corrected chi connectivity index (χ2v) is 9.47. The van der Waals surface area contributed by atoms with Gasteiger partial charge in [0.2, 0.25) is 0 Å². The van der Waals surface area contributed by atoms with Crippen LogP contribution in [0.25, 0.3) is 0 Å². The fraction of sp³-hybridized carbons (Fsp3) is 0.500. The maximum Gasteiger partial charge on any atom is 0.256 e. The molecule has 1 amide bonds. The Hall–Kier alpha value is -2.40. The maximum absolute atomic E-state index is 14.1. The van der Waals surface area contributed by atoms with E-state index in [1.807, 2.05) is 32.0 Å². The number of anilines is 1. The molecule has 2 N–H and O–H groups in total. The lowest BCUT2D eigenvalue weighted by molar-refractivity contribution is -0.138. The van der Waals surface area contributed by atoms with E-state index in [9.17, 15) is 14.3 Å². The van der Waals surface area contributed by atoms with Gasteiger partial charge in [-0.2, -0.15) is 0 Å². The van der Waals surface area contributed by atoms with Crippen LogP contribution >= 0.6 is 0 Å². The number of para-hydroxylation sites is 1. The second-order valence-electron chi connectivity index (χ2n) is 9.47. The Kier molecular flexibility index (Phi) is 7.37. The molecule has 1 fully saturated rings. The minimum absolute atomic E-state index is 0.162. The fourth-order valence-electron chi connectivity index (χ4n) is 4.92. The molecule has 0 bridgehead atoms. The molecule has 0 radical (unpaired) electrons. The first kappa shape index (κ1) is 23.3. The summed E-state index contributed by atoms with van der Waals surface area (Å²) in [5.74, 6) is 0.0708. The van der Waals surface area contributed by atoms with Gasteiger partial charge in [-0.1, -0.05) is 64.2 Å². The van der Waals surface area contributed by atoms with Gasteiger partial charge >= 0.3 is 0 Å². The predicted octanol–water partition coefficient (Wildman–Crippen LogP) is 5.84. The number of hydrogen-bond donors (Lipinski definition) is 2. The van der Waals surface area contributed by atoms with Gasteiger partial charge in [-0.15, -0.1) is 0 Å². The molecule has 0 aliphatic heterocycles. The van der Waals surface area contributed by atoms with E-state index >= 15 is 0 Å². The molecular formula is C26H34FNO3. The van der Waals surface area contributed by atoms with Crippen molar-refractivity contribution in [2.75, 3.05) is 12.4 Å². The number of hydrogen-bond acceptors (Lipinski definition) is 3. The van der Waals surface area contributed by atoms with Gasteiger partial charge in [0.25, 0.3) is 5.91 Å². The van der Waals surface area contributed by atoms with E-state index in [0.717, 1.165) is 25.7 Å². The summed E-state index contributed by atoms with van der Waals surface area (Å²) in [4.78, 5) is 13.4. The summed E-state index contributed by atoms with van der Waals surface area (Å²) in [7, 11) is 1.54. The molecule has 31 heavy (non-hydrogen) atoms. The van der Waals surface area contributed by atoms with Crippen molar-refractivity contribution in [1.82, 2.24) is 0 Å². The number of nitrogens with one attached hydrogen (secondary N) is 1. The molecule has 1 unspecified atom stereocenters. The Bertz CT molecular complexity index is 877. The molecule has 1 atom stereocenters. The molecule has 2 aromatic carbocycles. The summed E-state index contributed by atoms with van der Waals surface area (Å²) < 4.78 is 19.5. The smallest absolute Gasteiger partial charge is 0.256 e. The highest BCUT2D eigenvalue weighted by atomic mass is 19.1. The summed E-state index contributed by atoms with van der Waals surface area (Å²) in [6, 6.07) is 13.6. The van der Waals surface area contributed by atoms with Gasteiger partial charge in [-0.05, 0) is 54.5 Å². The van der Waals surface area contributed by atoms with Crippen molar-refractivity contribution < 1.29 is 19.0 Å². The van der Waals surface area contributed by atoms with Crippen LogP contribution in [0.3, 0.4) is 0 Å². The third-order valence-electron chi connectivity index (χ3n) is 6.43. The molecule has 0 spiro atoms. The SMILES string of the molecule is COc1ccc(F)cc1C(C)(C)CC(O)(CC1CCCCC1)C(=O)Nc1ccccc1. The monoisotopic (exact) mass is 427 g/mol. The van der Waals surface area contributed by atoms with Gasteiger partial charge in [-0.25, -0.2) is 4.39 Å². The zero-order valence-electron chi connectivity index (χ0n) is 18.8. The highest BCUT2D eigenvalue weighted by Gasteiger charge is 2.44. The molecular weight excluding hydrogens is 393 g/mol. The molecule has 0 saturated heterocycles. The lowest BCUT2D eigenvalue weighted by Gasteiger charge is -2.39. The van der Waals surface area contributed by atoms with E-state index in [2.05, 4.69) is 5.32 Å². The second kappa shape index (κ2) is 9.82. The molecule has 1 aliphatic rings. The number of carbonyl (C=O) groups is 1. The molecule has 4 nitrogen and oxygen atoms in total. The summed E-state index contributed by atoms with van der Waals surface area (Å²) in [6.07, 6.45) is 6.05. The van der Waals surface area contributed by atoms with Crippen molar-refractivity contribution in [3.63, 3.8) is 0 Å². The Morgan fingerprint density at radius 2 is 1.81 bits per heavy atom. The van der Waals surface area contributed by atoms with Crippen LogP contribution in [0.5, 0.6) is 5.75 Å². The highest BCUT2D eigenvalue weighted by molar-refractivity contribution is 5.97. The van der Waals surface area contributed by atoms with Crippen LogP contribution in [-0.2, 0) is 10.2 Å². The normalized spacial score (nSPS) is 17.1. The van der Waals surface area contributed by atoms with Crippen molar-refractivity contribution in [1.29, 1.82) is 0 Å². The van der Waals surface area contributed by atoms with Crippen molar-refractivity contribution in [2.24, 2.45) is 5.92 Å². The van der Waals surface area contributed by atoms with Crippen LogP contribution < -0.4 is 10.1 Å². The average molecular weight is 428 g/mol. The Balaban J connectivity index is 1.91. The molecule has 1 saturated carbocycles. The van der Waals surface area contributed by atoms with E-state index in [-0.39, 0.29) is 12.2 Å². The zero-order valence-corrected chi connectivity index (χ0v) is 18.8. The van der Waals surface area contributed by atoms with Gasteiger partial charge in [0.15, 0.2) is 0 Å². The van der Waals surface area contributed by atoms with Gasteiger partial charge in [-0.3, -0.25) is 4.79 Å². The summed E-state index contributed by atoms with van der Waals surface area (Å²) in [5, 5.41) is 14.7. The topological polar surface area (TPSA) is 58.6 Å². The minimum Gasteiger partial charge on any atom is -0.496 e. The number of carbonyl (C=O) groups excluding carboxylic acids is 1. The van der Waals surface area contributed by atoms with E-state index in [1.54, 1.807) is 25.3 Å². The third-order valence-corrected chi connectivity index (χ3v) is 6.43. The highest BCUT2D eigenvalue weighted by Crippen LogP contribution is 2.42. The number of rotatable bonds is 8. The number of aliphatic hydroxyl groups is 1. The largest absolute Gasteiger partial charge is 0.496 e. The van der Waals surface area contributed by atoms with Gasteiger partial charge in [0.1, 0.15) is 17.2 Å². The number of amides is 1. The van der Waals surface area contributed by atoms with Gasteiger partial charge < -0.3 is 15.2 Å². The van der Waals surface area contributed by atoms with Crippen LogP contribution in [0.1, 0.15) is 64.4 Å².